The van der Waals surface area contributed by atoms with Crippen LogP contribution < -0.4 is 0 Å². The Morgan fingerprint density at radius 3 is 2.48 bits per heavy atom. The molecule has 1 N–H and O–H groups in total. The average molecular weight is 298 g/mol. The summed E-state index contributed by atoms with van der Waals surface area (Å²) in [7, 11) is 0. The van der Waals surface area contributed by atoms with E-state index in [0.717, 1.165) is 0 Å². The predicted molar refractivity (Wildman–Crippen MR) is 74.2 cm³/mol. The molecule has 1 amide bonds. The van der Waals surface area contributed by atoms with Crippen LogP contribution in [0.15, 0.2) is 5.16 Å². The summed E-state index contributed by atoms with van der Waals surface area (Å²) in [5.41, 5.74) is -1.09. The standard InChI is InChI=1S/C14H22N2O5/c1-9-10(15-19)14(11(17)20-9)5-7-16(8-6-14)12(18)21-13(2,3)4/h9,19H,5-8H2,1-4H3/b15-10+/t9-/m0/s1. The number of oxime groups is 1. The molecule has 7 heteroatoms. The van der Waals surface area contributed by atoms with Gasteiger partial charge in [-0.3, -0.25) is 4.79 Å². The van der Waals surface area contributed by atoms with Crippen LogP contribution in [0.3, 0.4) is 0 Å². The van der Waals surface area contributed by atoms with E-state index < -0.39 is 17.1 Å². The van der Waals surface area contributed by atoms with Crippen molar-refractivity contribution in [3.05, 3.63) is 0 Å². The number of piperidine rings is 1. The third-order valence-electron chi connectivity index (χ3n) is 3.93. The lowest BCUT2D eigenvalue weighted by Gasteiger charge is -2.37. The summed E-state index contributed by atoms with van der Waals surface area (Å²) in [6.45, 7) is 7.85. The first kappa shape index (κ1) is 15.6. The summed E-state index contributed by atoms with van der Waals surface area (Å²) >= 11 is 0. The Hall–Kier alpha value is -1.79. The van der Waals surface area contributed by atoms with Crippen molar-refractivity contribution in [2.45, 2.75) is 52.2 Å². The molecule has 0 radical (unpaired) electrons. The molecule has 118 valence electrons. The molecule has 2 saturated heterocycles. The Kier molecular flexibility index (Phi) is 3.86. The van der Waals surface area contributed by atoms with E-state index in [9.17, 15) is 9.59 Å². The molecule has 0 aromatic rings. The number of hydrogen-bond donors (Lipinski definition) is 1. The minimum atomic E-state index is -0.896. The highest BCUT2D eigenvalue weighted by Crippen LogP contribution is 2.41. The van der Waals surface area contributed by atoms with E-state index >= 15 is 0 Å². The molecule has 0 aliphatic carbocycles. The summed E-state index contributed by atoms with van der Waals surface area (Å²) in [5.74, 6) is -0.369. The van der Waals surface area contributed by atoms with Crippen LogP contribution in [0, 0.1) is 5.41 Å². The zero-order chi connectivity index (χ0) is 15.8. The number of amides is 1. The Morgan fingerprint density at radius 2 is 2.00 bits per heavy atom. The molecule has 0 aromatic heterocycles. The normalized spacial score (nSPS) is 27.0. The topological polar surface area (TPSA) is 88.4 Å². The van der Waals surface area contributed by atoms with Crippen molar-refractivity contribution in [3.8, 4) is 0 Å². The lowest BCUT2D eigenvalue weighted by molar-refractivity contribution is -0.150. The molecule has 7 nitrogen and oxygen atoms in total. The fraction of sp³-hybridized carbons (Fsp3) is 0.786. The molecule has 0 saturated carbocycles. The number of likely N-dealkylation sites (tertiary alicyclic amines) is 1. The molecule has 0 unspecified atom stereocenters. The van der Waals surface area contributed by atoms with Gasteiger partial charge in [0, 0.05) is 13.1 Å². The van der Waals surface area contributed by atoms with E-state index in [1.54, 1.807) is 11.8 Å². The van der Waals surface area contributed by atoms with Gasteiger partial charge < -0.3 is 19.6 Å². The Morgan fingerprint density at radius 1 is 1.43 bits per heavy atom. The molecular weight excluding hydrogens is 276 g/mol. The maximum atomic E-state index is 12.1. The van der Waals surface area contributed by atoms with E-state index in [1.165, 1.54) is 0 Å². The van der Waals surface area contributed by atoms with Crippen LogP contribution in [0.1, 0.15) is 40.5 Å². The third kappa shape index (κ3) is 2.82. The molecule has 21 heavy (non-hydrogen) atoms. The van der Waals surface area contributed by atoms with Crippen LogP contribution in [-0.4, -0.2) is 52.7 Å². The lowest BCUT2D eigenvalue weighted by Crippen LogP contribution is -2.49. The highest BCUT2D eigenvalue weighted by molar-refractivity contribution is 6.13. The molecule has 2 rings (SSSR count). The van der Waals surface area contributed by atoms with Crippen molar-refractivity contribution in [2.24, 2.45) is 10.6 Å². The van der Waals surface area contributed by atoms with Crippen LogP contribution in [0.25, 0.3) is 0 Å². The van der Waals surface area contributed by atoms with Gasteiger partial charge in [0.15, 0.2) is 0 Å². The maximum Gasteiger partial charge on any atom is 0.410 e. The maximum absolute atomic E-state index is 12.1. The predicted octanol–water partition coefficient (Wildman–Crippen LogP) is 1.78. The van der Waals surface area contributed by atoms with Gasteiger partial charge in [-0.05, 0) is 40.5 Å². The molecule has 1 spiro atoms. The first-order chi connectivity index (χ1) is 9.69. The van der Waals surface area contributed by atoms with Crippen LogP contribution in [0.5, 0.6) is 0 Å². The van der Waals surface area contributed by atoms with E-state index in [4.69, 9.17) is 14.7 Å². The van der Waals surface area contributed by atoms with E-state index in [2.05, 4.69) is 5.16 Å². The number of ether oxygens (including phenoxy) is 2. The van der Waals surface area contributed by atoms with Crippen molar-refractivity contribution in [1.82, 2.24) is 4.90 Å². The largest absolute Gasteiger partial charge is 0.456 e. The molecule has 1 atom stereocenters. The van der Waals surface area contributed by atoms with Gasteiger partial charge in [0.05, 0.1) is 0 Å². The highest BCUT2D eigenvalue weighted by atomic mass is 16.6. The van der Waals surface area contributed by atoms with Crippen LogP contribution in [-0.2, 0) is 14.3 Å². The molecule has 2 aliphatic rings. The van der Waals surface area contributed by atoms with Gasteiger partial charge in [-0.15, -0.1) is 0 Å². The van der Waals surface area contributed by atoms with Gasteiger partial charge in [-0.2, -0.15) is 0 Å². The van der Waals surface area contributed by atoms with Crippen molar-refractivity contribution < 1.29 is 24.3 Å². The number of nitrogens with zero attached hydrogens (tertiary/aromatic N) is 2. The molecule has 0 bridgehead atoms. The van der Waals surface area contributed by atoms with Crippen LogP contribution >= 0.6 is 0 Å². The number of esters is 1. The second-order valence-corrected chi connectivity index (χ2v) is 6.58. The van der Waals surface area contributed by atoms with E-state index in [1.807, 2.05) is 20.8 Å². The summed E-state index contributed by atoms with van der Waals surface area (Å²) in [6.07, 6.45) is -0.140. The van der Waals surface area contributed by atoms with Crippen LogP contribution in [0.4, 0.5) is 4.79 Å². The molecule has 2 heterocycles. The number of rotatable bonds is 0. The molecule has 2 aliphatic heterocycles. The highest BCUT2D eigenvalue weighted by Gasteiger charge is 2.55. The zero-order valence-corrected chi connectivity index (χ0v) is 12.9. The lowest BCUT2D eigenvalue weighted by atomic mass is 9.74. The van der Waals surface area contributed by atoms with Crippen molar-refractivity contribution >= 4 is 17.8 Å². The number of carbonyl (C=O) groups is 2. The second kappa shape index (κ2) is 5.20. The molecule has 0 aromatic carbocycles. The molecule has 2 fully saturated rings. The minimum absolute atomic E-state index is 0.358. The van der Waals surface area contributed by atoms with E-state index in [-0.39, 0.29) is 12.1 Å². The average Bonchev–Trinajstić information content (AvgIpc) is 2.59. The van der Waals surface area contributed by atoms with E-state index in [0.29, 0.717) is 31.6 Å². The number of hydrogen-bond acceptors (Lipinski definition) is 6. The van der Waals surface area contributed by atoms with Gasteiger partial charge in [-0.1, -0.05) is 5.16 Å². The zero-order valence-electron chi connectivity index (χ0n) is 12.9. The first-order valence-corrected chi connectivity index (χ1v) is 7.11. The summed E-state index contributed by atoms with van der Waals surface area (Å²) < 4.78 is 10.5. The number of carbonyl (C=O) groups excluding carboxylic acids is 2. The third-order valence-corrected chi connectivity index (χ3v) is 3.93. The fourth-order valence-electron chi connectivity index (χ4n) is 2.86. The minimum Gasteiger partial charge on any atom is -0.456 e. The summed E-state index contributed by atoms with van der Waals surface area (Å²) in [4.78, 5) is 25.7. The SMILES string of the molecule is C[C@@H]1OC(=O)C2(CCN(C(=O)OC(C)(C)C)CC2)/C1=N/O. The first-order valence-electron chi connectivity index (χ1n) is 7.11. The summed E-state index contributed by atoms with van der Waals surface area (Å²) in [6, 6.07) is 0. The van der Waals surface area contributed by atoms with Gasteiger partial charge >= 0.3 is 12.1 Å². The Balaban J connectivity index is 2.06. The fourth-order valence-corrected chi connectivity index (χ4v) is 2.86. The molecular formula is C14H22N2O5. The quantitative estimate of drug-likeness (QED) is 0.418. The Bertz CT molecular complexity index is 472. The monoisotopic (exact) mass is 298 g/mol. The van der Waals surface area contributed by atoms with Crippen molar-refractivity contribution in [1.29, 1.82) is 0 Å². The van der Waals surface area contributed by atoms with Gasteiger partial charge in [0.1, 0.15) is 22.8 Å². The van der Waals surface area contributed by atoms with Crippen molar-refractivity contribution in [2.75, 3.05) is 13.1 Å². The Labute approximate surface area is 123 Å². The van der Waals surface area contributed by atoms with Gasteiger partial charge in [0.25, 0.3) is 0 Å². The smallest absolute Gasteiger partial charge is 0.410 e. The second-order valence-electron chi connectivity index (χ2n) is 6.58. The van der Waals surface area contributed by atoms with Gasteiger partial charge in [-0.25, -0.2) is 4.79 Å². The summed E-state index contributed by atoms with van der Waals surface area (Å²) in [5, 5.41) is 12.4. The van der Waals surface area contributed by atoms with Gasteiger partial charge in [0.2, 0.25) is 0 Å². The van der Waals surface area contributed by atoms with Crippen molar-refractivity contribution in [3.63, 3.8) is 0 Å². The van der Waals surface area contributed by atoms with Crippen LogP contribution in [0.2, 0.25) is 0 Å². The number of cyclic esters (lactones) is 1.